The van der Waals surface area contributed by atoms with Gasteiger partial charge < -0.3 is 5.11 Å². The van der Waals surface area contributed by atoms with Crippen LogP contribution in [0, 0.1) is 6.92 Å². The van der Waals surface area contributed by atoms with Crippen molar-refractivity contribution >= 4 is 40.1 Å². The van der Waals surface area contributed by atoms with Crippen molar-refractivity contribution in [3.63, 3.8) is 0 Å². The van der Waals surface area contributed by atoms with Gasteiger partial charge in [-0.05, 0) is 53.6 Å². The fourth-order valence-electron chi connectivity index (χ4n) is 3.39. The highest BCUT2D eigenvalue weighted by Gasteiger charge is 2.46. The molecular formula is C21H14F3NO3S2. The van der Waals surface area contributed by atoms with E-state index in [2.05, 4.69) is 0 Å². The Balaban J connectivity index is 1.89. The summed E-state index contributed by atoms with van der Waals surface area (Å²) in [5.41, 5.74) is -0.341. The second-order valence-electron chi connectivity index (χ2n) is 6.66. The smallest absolute Gasteiger partial charge is 0.416 e. The normalized spacial score (nSPS) is 17.1. The number of hydrogen-bond acceptors (Lipinski definition) is 5. The first-order valence-electron chi connectivity index (χ1n) is 8.76. The number of rotatable bonds is 4. The molecule has 1 aliphatic rings. The molecule has 0 spiro atoms. The zero-order valence-corrected chi connectivity index (χ0v) is 17.1. The fourth-order valence-corrected chi connectivity index (χ4v) is 5.09. The highest BCUT2D eigenvalue weighted by molar-refractivity contribution is 7.12. The molecule has 1 unspecified atom stereocenters. The topological polar surface area (TPSA) is 57.6 Å². The van der Waals surface area contributed by atoms with Crippen LogP contribution in [-0.4, -0.2) is 16.8 Å². The van der Waals surface area contributed by atoms with Gasteiger partial charge in [0.05, 0.1) is 16.0 Å². The molecule has 1 amide bonds. The number of anilines is 1. The quantitative estimate of drug-likeness (QED) is 0.503. The number of amides is 1. The van der Waals surface area contributed by atoms with E-state index in [0.29, 0.717) is 9.75 Å². The van der Waals surface area contributed by atoms with Crippen LogP contribution in [-0.2, 0) is 11.0 Å². The van der Waals surface area contributed by atoms with Crippen LogP contribution in [0.25, 0.3) is 0 Å². The molecule has 0 fully saturated rings. The van der Waals surface area contributed by atoms with Gasteiger partial charge in [-0.15, -0.1) is 22.7 Å². The molecule has 1 atom stereocenters. The van der Waals surface area contributed by atoms with E-state index in [9.17, 15) is 27.9 Å². The highest BCUT2D eigenvalue weighted by Crippen LogP contribution is 2.45. The predicted octanol–water partition coefficient (Wildman–Crippen LogP) is 5.92. The number of nitrogens with zero attached hydrogens (tertiary/aromatic N) is 1. The van der Waals surface area contributed by atoms with Crippen LogP contribution >= 0.6 is 22.7 Å². The second-order valence-corrected chi connectivity index (χ2v) is 8.56. The van der Waals surface area contributed by atoms with Crippen molar-refractivity contribution in [3.05, 3.63) is 85.4 Å². The second kappa shape index (κ2) is 7.41. The first-order valence-corrected chi connectivity index (χ1v) is 10.5. The van der Waals surface area contributed by atoms with Gasteiger partial charge in [-0.2, -0.15) is 13.2 Å². The minimum Gasteiger partial charge on any atom is -0.503 e. The third kappa shape index (κ3) is 3.33. The number of aliphatic hydroxyl groups is 1. The van der Waals surface area contributed by atoms with E-state index in [1.807, 2.05) is 0 Å². The zero-order valence-electron chi connectivity index (χ0n) is 15.4. The molecule has 1 aromatic carbocycles. The van der Waals surface area contributed by atoms with Gasteiger partial charge >= 0.3 is 6.18 Å². The van der Waals surface area contributed by atoms with Crippen LogP contribution in [0.4, 0.5) is 18.9 Å². The zero-order chi connectivity index (χ0) is 21.6. The molecule has 3 aromatic rings. The summed E-state index contributed by atoms with van der Waals surface area (Å²) in [5, 5.41) is 14.1. The number of thiophene rings is 2. The van der Waals surface area contributed by atoms with Crippen molar-refractivity contribution in [3.8, 4) is 0 Å². The molecule has 0 radical (unpaired) electrons. The Kier molecular flexibility index (Phi) is 5.03. The Bertz CT molecular complexity index is 1160. The lowest BCUT2D eigenvalue weighted by molar-refractivity contribution is -0.137. The number of ketones is 1. The van der Waals surface area contributed by atoms with Gasteiger partial charge in [0.1, 0.15) is 6.04 Å². The summed E-state index contributed by atoms with van der Waals surface area (Å²) in [6, 6.07) is 8.31. The Labute approximate surface area is 177 Å². The van der Waals surface area contributed by atoms with E-state index in [1.54, 1.807) is 35.9 Å². The van der Waals surface area contributed by atoms with Gasteiger partial charge in [0.2, 0.25) is 5.78 Å². The van der Waals surface area contributed by atoms with E-state index in [4.69, 9.17) is 0 Å². The third-order valence-electron chi connectivity index (χ3n) is 4.80. The molecular weight excluding hydrogens is 435 g/mol. The number of aryl methyl sites for hydroxylation is 1. The van der Waals surface area contributed by atoms with Crippen LogP contribution < -0.4 is 4.90 Å². The number of carbonyl (C=O) groups is 2. The first kappa shape index (κ1) is 20.4. The standard InChI is InChI=1S/C21H14F3NO3S2/c1-11-7-9-30-19(11)16-15(17(26)14-6-3-8-29-14)18(27)20(28)25(16)13-5-2-4-12(10-13)21(22,23)24/h2-10,16,27H,1H3. The molecule has 1 aliphatic heterocycles. The summed E-state index contributed by atoms with van der Waals surface area (Å²) < 4.78 is 39.7. The molecule has 0 saturated heterocycles. The van der Waals surface area contributed by atoms with Gasteiger partial charge in [-0.3, -0.25) is 14.5 Å². The number of halogens is 3. The van der Waals surface area contributed by atoms with Crippen molar-refractivity contribution in [1.29, 1.82) is 0 Å². The molecule has 0 bridgehead atoms. The molecule has 0 aliphatic carbocycles. The molecule has 154 valence electrons. The van der Waals surface area contributed by atoms with Gasteiger partial charge in [-0.25, -0.2) is 0 Å². The predicted molar refractivity (Wildman–Crippen MR) is 109 cm³/mol. The molecule has 0 saturated carbocycles. The van der Waals surface area contributed by atoms with E-state index in [1.165, 1.54) is 23.5 Å². The number of alkyl halides is 3. The van der Waals surface area contributed by atoms with E-state index in [0.717, 1.165) is 33.9 Å². The lowest BCUT2D eigenvalue weighted by atomic mass is 9.98. The molecule has 4 rings (SSSR count). The summed E-state index contributed by atoms with van der Waals surface area (Å²) in [6.45, 7) is 1.78. The number of carbonyl (C=O) groups excluding carboxylic acids is 2. The van der Waals surface area contributed by atoms with Crippen molar-refractivity contribution in [2.75, 3.05) is 4.90 Å². The van der Waals surface area contributed by atoms with Crippen molar-refractivity contribution in [2.45, 2.75) is 19.1 Å². The van der Waals surface area contributed by atoms with Gasteiger partial charge in [0.15, 0.2) is 5.76 Å². The van der Waals surface area contributed by atoms with Crippen LogP contribution in [0.1, 0.15) is 31.7 Å². The fraction of sp³-hybridized carbons (Fsp3) is 0.143. The lowest BCUT2D eigenvalue weighted by Gasteiger charge is -2.27. The molecule has 30 heavy (non-hydrogen) atoms. The Morgan fingerprint density at radius 2 is 1.87 bits per heavy atom. The van der Waals surface area contributed by atoms with Crippen molar-refractivity contribution in [1.82, 2.24) is 0 Å². The molecule has 3 heterocycles. The summed E-state index contributed by atoms with van der Waals surface area (Å²) >= 11 is 2.42. The minimum atomic E-state index is -4.60. The largest absolute Gasteiger partial charge is 0.503 e. The van der Waals surface area contributed by atoms with E-state index < -0.39 is 35.2 Å². The van der Waals surface area contributed by atoms with Gasteiger partial charge in [0.25, 0.3) is 5.91 Å². The van der Waals surface area contributed by atoms with E-state index >= 15 is 0 Å². The number of benzene rings is 1. The first-order chi connectivity index (χ1) is 14.2. The molecule has 9 heteroatoms. The Morgan fingerprint density at radius 1 is 1.10 bits per heavy atom. The highest BCUT2D eigenvalue weighted by atomic mass is 32.1. The maximum absolute atomic E-state index is 13.2. The van der Waals surface area contributed by atoms with Crippen LogP contribution in [0.2, 0.25) is 0 Å². The molecule has 2 aromatic heterocycles. The van der Waals surface area contributed by atoms with Gasteiger partial charge in [-0.1, -0.05) is 12.1 Å². The number of hydrogen-bond donors (Lipinski definition) is 1. The summed E-state index contributed by atoms with van der Waals surface area (Å²) in [6.07, 6.45) is -4.60. The Hall–Kier alpha value is -2.91. The number of Topliss-reactive ketones (excluding diaryl/α,β-unsaturated/α-hetero) is 1. The molecule has 1 N–H and O–H groups in total. The maximum Gasteiger partial charge on any atom is 0.416 e. The summed E-state index contributed by atoms with van der Waals surface area (Å²) in [5.74, 6) is -2.18. The minimum absolute atomic E-state index is 0.0480. The number of aliphatic hydroxyl groups excluding tert-OH is 1. The summed E-state index contributed by atoms with van der Waals surface area (Å²) in [4.78, 5) is 28.1. The third-order valence-corrected chi connectivity index (χ3v) is 6.74. The van der Waals surface area contributed by atoms with E-state index in [-0.39, 0.29) is 11.3 Å². The van der Waals surface area contributed by atoms with Crippen molar-refractivity contribution < 1.29 is 27.9 Å². The average molecular weight is 449 g/mol. The van der Waals surface area contributed by atoms with Crippen LogP contribution in [0.3, 0.4) is 0 Å². The Morgan fingerprint density at radius 3 is 2.47 bits per heavy atom. The maximum atomic E-state index is 13.2. The SMILES string of the molecule is Cc1ccsc1C1C(C(=O)c2cccs2)=C(O)C(=O)N1c1cccc(C(F)(F)F)c1. The lowest BCUT2D eigenvalue weighted by Crippen LogP contribution is -2.31. The van der Waals surface area contributed by atoms with Gasteiger partial charge in [0, 0.05) is 10.6 Å². The average Bonchev–Trinajstić information content (AvgIpc) is 3.42. The van der Waals surface area contributed by atoms with Crippen LogP contribution in [0.15, 0.2) is 64.6 Å². The van der Waals surface area contributed by atoms with Crippen LogP contribution in [0.5, 0.6) is 0 Å². The monoisotopic (exact) mass is 449 g/mol. The van der Waals surface area contributed by atoms with Crippen molar-refractivity contribution in [2.24, 2.45) is 0 Å². The summed E-state index contributed by atoms with van der Waals surface area (Å²) in [7, 11) is 0. The molecule has 4 nitrogen and oxygen atoms in total.